The largest absolute Gasteiger partial charge is 0.462 e. The highest BCUT2D eigenvalue weighted by atomic mass is 16.6. The zero-order valence-corrected chi connectivity index (χ0v) is 39.1. The molecule has 0 saturated heterocycles. The Bertz CT molecular complexity index is 900. The van der Waals surface area contributed by atoms with E-state index in [0.717, 1.165) is 64.2 Å². The second-order valence-corrected chi connectivity index (χ2v) is 17.4. The van der Waals surface area contributed by atoms with Crippen LogP contribution in [0.1, 0.15) is 284 Å². The number of carbonyl (C=O) groups excluding carboxylic acids is 3. The molecule has 0 radical (unpaired) electrons. The summed E-state index contributed by atoms with van der Waals surface area (Å²) in [6.07, 6.45) is 52.2. The van der Waals surface area contributed by atoms with Crippen molar-refractivity contribution in [3.8, 4) is 0 Å². The average molecular weight is 819 g/mol. The third-order valence-corrected chi connectivity index (χ3v) is 11.5. The fraction of sp³-hybridized carbons (Fsp3) is 0.904. The average Bonchev–Trinajstić information content (AvgIpc) is 3.22. The summed E-state index contributed by atoms with van der Waals surface area (Å²) in [5.41, 5.74) is 0. The van der Waals surface area contributed by atoms with Gasteiger partial charge in [-0.2, -0.15) is 0 Å². The fourth-order valence-electron chi connectivity index (χ4n) is 7.61. The minimum absolute atomic E-state index is 0.0691. The minimum atomic E-state index is -0.766. The van der Waals surface area contributed by atoms with Crippen molar-refractivity contribution in [2.24, 2.45) is 0 Å². The summed E-state index contributed by atoms with van der Waals surface area (Å²) in [6.45, 7) is 6.60. The van der Waals surface area contributed by atoms with Crippen molar-refractivity contribution >= 4 is 17.9 Å². The predicted octanol–water partition coefficient (Wildman–Crippen LogP) is 16.6. The van der Waals surface area contributed by atoms with Gasteiger partial charge in [0.15, 0.2) is 6.10 Å². The maximum Gasteiger partial charge on any atom is 0.306 e. The Morgan fingerprint density at radius 2 is 0.569 bits per heavy atom. The molecule has 0 aliphatic heterocycles. The molecular weight excluding hydrogens is 721 g/mol. The molecule has 0 aromatic carbocycles. The molecule has 6 nitrogen and oxygen atoms in total. The number of allylic oxidation sites excluding steroid dienone is 2. The van der Waals surface area contributed by atoms with Crippen molar-refractivity contribution in [3.63, 3.8) is 0 Å². The van der Waals surface area contributed by atoms with Gasteiger partial charge >= 0.3 is 17.9 Å². The van der Waals surface area contributed by atoms with Crippen LogP contribution in [0.5, 0.6) is 0 Å². The maximum atomic E-state index is 12.7. The Balaban J connectivity index is 4.17. The molecule has 0 heterocycles. The fourth-order valence-corrected chi connectivity index (χ4v) is 7.61. The Labute approximate surface area is 360 Å². The van der Waals surface area contributed by atoms with Gasteiger partial charge in [-0.3, -0.25) is 14.4 Å². The van der Waals surface area contributed by atoms with Crippen LogP contribution in [0.25, 0.3) is 0 Å². The van der Waals surface area contributed by atoms with Gasteiger partial charge in [-0.05, 0) is 44.9 Å². The van der Waals surface area contributed by atoms with E-state index in [0.29, 0.717) is 19.3 Å². The van der Waals surface area contributed by atoms with Gasteiger partial charge in [0, 0.05) is 19.3 Å². The molecule has 0 amide bonds. The first-order valence-corrected chi connectivity index (χ1v) is 25.7. The van der Waals surface area contributed by atoms with Crippen molar-refractivity contribution in [2.45, 2.75) is 290 Å². The van der Waals surface area contributed by atoms with Crippen LogP contribution in [0.4, 0.5) is 0 Å². The van der Waals surface area contributed by atoms with Crippen LogP contribution in [0.15, 0.2) is 12.2 Å². The predicted molar refractivity (Wildman–Crippen MR) is 247 cm³/mol. The van der Waals surface area contributed by atoms with E-state index < -0.39 is 6.10 Å². The number of rotatable bonds is 47. The van der Waals surface area contributed by atoms with E-state index in [1.807, 2.05) is 0 Å². The molecule has 0 spiro atoms. The van der Waals surface area contributed by atoms with Crippen molar-refractivity contribution in [1.82, 2.24) is 0 Å². The number of carbonyl (C=O) groups is 3. The third-order valence-electron chi connectivity index (χ3n) is 11.5. The van der Waals surface area contributed by atoms with Gasteiger partial charge in [-0.25, -0.2) is 0 Å². The Kier molecular flexibility index (Phi) is 46.3. The molecule has 0 N–H and O–H groups in total. The molecule has 0 aromatic rings. The third kappa shape index (κ3) is 45.2. The van der Waals surface area contributed by atoms with E-state index in [2.05, 4.69) is 32.9 Å². The highest BCUT2D eigenvalue weighted by Crippen LogP contribution is 2.16. The number of hydrogen-bond donors (Lipinski definition) is 0. The first-order chi connectivity index (χ1) is 28.5. The molecule has 1 atom stereocenters. The molecular formula is C52H98O6. The van der Waals surface area contributed by atoms with Crippen LogP contribution >= 0.6 is 0 Å². The van der Waals surface area contributed by atoms with Gasteiger partial charge in [-0.1, -0.05) is 232 Å². The molecule has 1 unspecified atom stereocenters. The van der Waals surface area contributed by atoms with Gasteiger partial charge in [0.05, 0.1) is 0 Å². The lowest BCUT2D eigenvalue weighted by atomic mass is 10.0. The van der Waals surface area contributed by atoms with E-state index >= 15 is 0 Å². The molecule has 0 bridgehead atoms. The lowest BCUT2D eigenvalue weighted by Gasteiger charge is -2.18. The lowest BCUT2D eigenvalue weighted by Crippen LogP contribution is -2.30. The van der Waals surface area contributed by atoms with Gasteiger partial charge < -0.3 is 14.2 Å². The van der Waals surface area contributed by atoms with Gasteiger partial charge in [0.2, 0.25) is 0 Å². The number of hydrogen-bond acceptors (Lipinski definition) is 6. The molecule has 6 heteroatoms. The van der Waals surface area contributed by atoms with Crippen LogP contribution in [-0.4, -0.2) is 37.2 Å². The number of esters is 3. The molecule has 0 rings (SSSR count). The Morgan fingerprint density at radius 3 is 0.862 bits per heavy atom. The summed E-state index contributed by atoms with van der Waals surface area (Å²) in [4.78, 5) is 37.7. The summed E-state index contributed by atoms with van der Waals surface area (Å²) in [5, 5.41) is 0. The molecule has 0 aromatic heterocycles. The molecule has 342 valence electrons. The van der Waals surface area contributed by atoms with Crippen molar-refractivity contribution in [1.29, 1.82) is 0 Å². The first-order valence-electron chi connectivity index (χ1n) is 25.7. The minimum Gasteiger partial charge on any atom is -0.462 e. The van der Waals surface area contributed by atoms with Gasteiger partial charge in [0.1, 0.15) is 13.2 Å². The summed E-state index contributed by atoms with van der Waals surface area (Å²) in [7, 11) is 0. The molecule has 58 heavy (non-hydrogen) atoms. The molecule has 0 aliphatic carbocycles. The normalized spacial score (nSPS) is 12.0. The summed E-state index contributed by atoms with van der Waals surface area (Å²) >= 11 is 0. The quantitative estimate of drug-likeness (QED) is 0.0263. The first kappa shape index (κ1) is 56.1. The maximum absolute atomic E-state index is 12.7. The van der Waals surface area contributed by atoms with E-state index in [1.165, 1.54) is 180 Å². The molecule has 0 fully saturated rings. The second-order valence-electron chi connectivity index (χ2n) is 17.4. The smallest absolute Gasteiger partial charge is 0.306 e. The van der Waals surface area contributed by atoms with Gasteiger partial charge in [0.25, 0.3) is 0 Å². The van der Waals surface area contributed by atoms with Crippen LogP contribution in [0.3, 0.4) is 0 Å². The summed E-state index contributed by atoms with van der Waals surface area (Å²) < 4.78 is 16.7. The second kappa shape index (κ2) is 47.8. The molecule has 0 saturated carbocycles. The van der Waals surface area contributed by atoms with E-state index in [9.17, 15) is 14.4 Å². The van der Waals surface area contributed by atoms with Crippen molar-refractivity contribution in [2.75, 3.05) is 13.2 Å². The Morgan fingerprint density at radius 1 is 0.328 bits per heavy atom. The van der Waals surface area contributed by atoms with Crippen LogP contribution < -0.4 is 0 Å². The zero-order chi connectivity index (χ0) is 42.3. The van der Waals surface area contributed by atoms with Crippen LogP contribution in [0.2, 0.25) is 0 Å². The highest BCUT2D eigenvalue weighted by Gasteiger charge is 2.19. The highest BCUT2D eigenvalue weighted by molar-refractivity contribution is 5.71. The Hall–Kier alpha value is -1.85. The summed E-state index contributed by atoms with van der Waals surface area (Å²) in [6, 6.07) is 0. The van der Waals surface area contributed by atoms with E-state index in [1.54, 1.807) is 0 Å². The monoisotopic (exact) mass is 819 g/mol. The standard InChI is InChI=1S/C52H98O6/c1-4-7-10-13-16-18-20-22-24-26-27-29-30-32-34-36-39-42-45-51(54)57-48-49(47-56-50(53)44-41-38-15-12-9-6-3)58-52(55)46-43-40-37-35-33-31-28-25-23-21-19-17-14-11-8-5-2/h25,28,49H,4-24,26-27,29-48H2,1-3H3/b28-25-. The van der Waals surface area contributed by atoms with Crippen molar-refractivity contribution < 1.29 is 28.6 Å². The zero-order valence-electron chi connectivity index (χ0n) is 39.1. The van der Waals surface area contributed by atoms with Crippen molar-refractivity contribution in [3.05, 3.63) is 12.2 Å². The van der Waals surface area contributed by atoms with E-state index in [4.69, 9.17) is 14.2 Å². The van der Waals surface area contributed by atoms with Crippen LogP contribution in [-0.2, 0) is 28.6 Å². The topological polar surface area (TPSA) is 78.9 Å². The summed E-state index contributed by atoms with van der Waals surface area (Å²) in [5.74, 6) is -0.872. The molecule has 0 aliphatic rings. The van der Waals surface area contributed by atoms with Crippen LogP contribution in [0, 0.1) is 0 Å². The SMILES string of the molecule is CCCCCCCCC/C=C\CCCCCCCC(=O)OC(COC(=O)CCCCCCCC)COC(=O)CCCCCCCCCCCCCCCCCCCC. The lowest BCUT2D eigenvalue weighted by molar-refractivity contribution is -0.167. The van der Waals surface area contributed by atoms with Gasteiger partial charge in [-0.15, -0.1) is 0 Å². The number of unbranched alkanes of at least 4 members (excludes halogenated alkanes) is 34. The number of ether oxygens (including phenoxy) is 3. The van der Waals surface area contributed by atoms with E-state index in [-0.39, 0.29) is 31.1 Å².